The Labute approximate surface area is 98.8 Å². The van der Waals surface area contributed by atoms with Crippen molar-refractivity contribution >= 4 is 0 Å². The molecule has 0 amide bonds. The molecule has 0 aromatic heterocycles. The Morgan fingerprint density at radius 1 is 0.778 bits per heavy atom. The fourth-order valence-corrected chi connectivity index (χ4v) is 1.27. The standard InChI is InChI=1S/C4H10N10O4/c15-13(16)3-5-1(9-11-3)7-8-2-6-4(12-10-2)14(17)18/h1-6,9-12H. The summed E-state index contributed by atoms with van der Waals surface area (Å²) in [5.41, 5.74) is 9.61. The maximum Gasteiger partial charge on any atom is 0.338 e. The third-order valence-corrected chi connectivity index (χ3v) is 2.06. The fourth-order valence-electron chi connectivity index (χ4n) is 1.27. The quantitative estimate of drug-likeness (QED) is 0.169. The highest BCUT2D eigenvalue weighted by Crippen LogP contribution is 1.97. The van der Waals surface area contributed by atoms with Crippen molar-refractivity contribution in [2.75, 3.05) is 0 Å². The molecule has 14 nitrogen and oxygen atoms in total. The zero-order valence-corrected chi connectivity index (χ0v) is 8.73. The van der Waals surface area contributed by atoms with Crippen LogP contribution in [-0.4, -0.2) is 35.0 Å². The summed E-state index contributed by atoms with van der Waals surface area (Å²) in [7, 11) is 0. The molecule has 4 unspecified atom stereocenters. The van der Waals surface area contributed by atoms with Crippen LogP contribution in [0.5, 0.6) is 0 Å². The number of nitrogens with zero attached hydrogens (tertiary/aromatic N) is 4. The van der Waals surface area contributed by atoms with E-state index in [1.165, 1.54) is 0 Å². The lowest BCUT2D eigenvalue weighted by Crippen LogP contribution is -2.40. The van der Waals surface area contributed by atoms with E-state index in [0.29, 0.717) is 0 Å². The minimum absolute atomic E-state index is 0.584. The van der Waals surface area contributed by atoms with Crippen molar-refractivity contribution in [2.45, 2.75) is 25.2 Å². The molecule has 2 fully saturated rings. The third kappa shape index (κ3) is 2.88. The largest absolute Gasteiger partial charge is 0.338 e. The first-order valence-electron chi connectivity index (χ1n) is 4.77. The number of rotatable bonds is 4. The van der Waals surface area contributed by atoms with Gasteiger partial charge >= 0.3 is 12.6 Å². The summed E-state index contributed by atoms with van der Waals surface area (Å²) in [6.07, 6.45) is -3.91. The van der Waals surface area contributed by atoms with E-state index in [1.807, 2.05) is 0 Å². The molecule has 2 rings (SSSR count). The van der Waals surface area contributed by atoms with Crippen molar-refractivity contribution in [3.8, 4) is 0 Å². The van der Waals surface area contributed by atoms with Crippen molar-refractivity contribution in [3.63, 3.8) is 0 Å². The molecule has 2 heterocycles. The molecule has 0 aromatic carbocycles. The van der Waals surface area contributed by atoms with Crippen LogP contribution in [0.15, 0.2) is 10.2 Å². The molecule has 2 aliphatic heterocycles. The van der Waals surface area contributed by atoms with Crippen molar-refractivity contribution in [1.82, 2.24) is 32.3 Å². The van der Waals surface area contributed by atoms with Gasteiger partial charge < -0.3 is 0 Å². The zero-order valence-electron chi connectivity index (χ0n) is 8.73. The molecule has 0 spiro atoms. The second kappa shape index (κ2) is 5.21. The Bertz CT molecular complexity index is 339. The van der Waals surface area contributed by atoms with E-state index in [4.69, 9.17) is 0 Å². The van der Waals surface area contributed by atoms with Crippen LogP contribution in [0, 0.1) is 20.2 Å². The first-order chi connectivity index (χ1) is 8.56. The van der Waals surface area contributed by atoms with Gasteiger partial charge in [0.1, 0.15) is 0 Å². The van der Waals surface area contributed by atoms with Gasteiger partial charge in [0.05, 0.1) is 9.85 Å². The number of hydrogen-bond acceptors (Lipinski definition) is 12. The Balaban J connectivity index is 1.79. The minimum atomic E-state index is -1.16. The molecule has 2 saturated heterocycles. The van der Waals surface area contributed by atoms with Gasteiger partial charge in [-0.05, 0) is 0 Å². The Kier molecular flexibility index (Phi) is 3.65. The number of hydrazine groups is 2. The summed E-state index contributed by atoms with van der Waals surface area (Å²) >= 11 is 0. The molecule has 100 valence electrons. The number of nitrogens with one attached hydrogen (secondary N) is 6. The van der Waals surface area contributed by atoms with Crippen LogP contribution in [0.2, 0.25) is 0 Å². The van der Waals surface area contributed by atoms with Crippen LogP contribution < -0.4 is 32.3 Å². The lowest BCUT2D eigenvalue weighted by atomic mass is 10.8. The second-order valence-electron chi connectivity index (χ2n) is 3.32. The van der Waals surface area contributed by atoms with E-state index in [9.17, 15) is 20.2 Å². The molecule has 4 atom stereocenters. The third-order valence-electron chi connectivity index (χ3n) is 2.06. The predicted octanol–water partition coefficient (Wildman–Crippen LogP) is -3.48. The van der Waals surface area contributed by atoms with Gasteiger partial charge in [-0.15, -0.1) is 0 Å². The van der Waals surface area contributed by atoms with Gasteiger partial charge in [0.2, 0.25) is 0 Å². The van der Waals surface area contributed by atoms with Crippen LogP contribution >= 0.6 is 0 Å². The average Bonchev–Trinajstić information content (AvgIpc) is 2.95. The zero-order chi connectivity index (χ0) is 13.1. The maximum atomic E-state index is 10.4. The van der Waals surface area contributed by atoms with Crippen LogP contribution in [0.4, 0.5) is 0 Å². The monoisotopic (exact) mass is 262 g/mol. The molecule has 18 heavy (non-hydrogen) atoms. The van der Waals surface area contributed by atoms with Crippen molar-refractivity contribution < 1.29 is 9.85 Å². The van der Waals surface area contributed by atoms with Gasteiger partial charge in [-0.1, -0.05) is 0 Å². The summed E-state index contributed by atoms with van der Waals surface area (Å²) in [5, 5.41) is 33.0. The average molecular weight is 262 g/mol. The molecular weight excluding hydrogens is 252 g/mol. The van der Waals surface area contributed by atoms with E-state index in [0.717, 1.165) is 0 Å². The molecule has 0 saturated carbocycles. The summed E-state index contributed by atoms with van der Waals surface area (Å²) in [5.74, 6) is 0. The Morgan fingerprint density at radius 2 is 1.17 bits per heavy atom. The lowest BCUT2D eigenvalue weighted by Gasteiger charge is -2.04. The van der Waals surface area contributed by atoms with Gasteiger partial charge in [0.15, 0.2) is 12.6 Å². The highest BCUT2D eigenvalue weighted by Gasteiger charge is 2.33. The maximum absolute atomic E-state index is 10.4. The van der Waals surface area contributed by atoms with Crippen LogP contribution in [0.1, 0.15) is 0 Å². The highest BCUT2D eigenvalue weighted by molar-refractivity contribution is 4.70. The van der Waals surface area contributed by atoms with Gasteiger partial charge in [-0.3, -0.25) is 20.2 Å². The van der Waals surface area contributed by atoms with Gasteiger partial charge in [-0.2, -0.15) is 21.1 Å². The first kappa shape index (κ1) is 12.6. The summed E-state index contributed by atoms with van der Waals surface area (Å²) in [4.78, 5) is 19.6. The van der Waals surface area contributed by atoms with Crippen molar-refractivity contribution in [2.24, 2.45) is 10.2 Å². The molecule has 0 radical (unpaired) electrons. The lowest BCUT2D eigenvalue weighted by molar-refractivity contribution is -0.533. The predicted molar refractivity (Wildman–Crippen MR) is 52.8 cm³/mol. The smallest absolute Gasteiger partial charge is 0.261 e. The minimum Gasteiger partial charge on any atom is -0.261 e. The van der Waals surface area contributed by atoms with Gasteiger partial charge in [-0.25, -0.2) is 21.5 Å². The second-order valence-corrected chi connectivity index (χ2v) is 3.32. The van der Waals surface area contributed by atoms with Crippen molar-refractivity contribution in [3.05, 3.63) is 20.2 Å². The molecule has 0 bridgehead atoms. The molecule has 0 aromatic rings. The first-order valence-corrected chi connectivity index (χ1v) is 4.77. The van der Waals surface area contributed by atoms with E-state index in [1.54, 1.807) is 0 Å². The molecule has 0 aliphatic carbocycles. The fraction of sp³-hybridized carbons (Fsp3) is 1.00. The van der Waals surface area contributed by atoms with Crippen LogP contribution in [0.3, 0.4) is 0 Å². The molecule has 2 aliphatic rings. The number of nitro groups is 2. The van der Waals surface area contributed by atoms with E-state index < -0.39 is 35.0 Å². The van der Waals surface area contributed by atoms with Crippen LogP contribution in [0.25, 0.3) is 0 Å². The highest BCUT2D eigenvalue weighted by atomic mass is 16.6. The van der Waals surface area contributed by atoms with E-state index in [-0.39, 0.29) is 0 Å². The van der Waals surface area contributed by atoms with Gasteiger partial charge in [0, 0.05) is 0 Å². The Hall–Kier alpha value is -1.84. The SMILES string of the molecule is O=[N+]([O-])C1NNC(N=NC2NNC([N+](=O)[O-])N2)N1. The summed E-state index contributed by atoms with van der Waals surface area (Å²) in [6, 6.07) is 0. The Morgan fingerprint density at radius 3 is 1.44 bits per heavy atom. The normalized spacial score (nSPS) is 36.2. The summed E-state index contributed by atoms with van der Waals surface area (Å²) < 4.78 is 0. The van der Waals surface area contributed by atoms with E-state index in [2.05, 4.69) is 42.6 Å². The van der Waals surface area contributed by atoms with Crippen LogP contribution in [-0.2, 0) is 0 Å². The number of azo groups is 1. The topological polar surface area (TPSA) is 183 Å². The summed E-state index contributed by atoms with van der Waals surface area (Å²) in [6.45, 7) is 0. The van der Waals surface area contributed by atoms with E-state index >= 15 is 0 Å². The van der Waals surface area contributed by atoms with Gasteiger partial charge in [0.25, 0.3) is 0 Å². The van der Waals surface area contributed by atoms with Crippen molar-refractivity contribution in [1.29, 1.82) is 0 Å². The molecule has 6 N–H and O–H groups in total. The number of hydrogen-bond donors (Lipinski definition) is 6. The molecule has 14 heteroatoms. The molecular formula is C4H10N10O4.